The Morgan fingerprint density at radius 2 is 2.05 bits per heavy atom. The van der Waals surface area contributed by atoms with Crippen LogP contribution in [0.25, 0.3) is 10.8 Å². The van der Waals surface area contributed by atoms with Gasteiger partial charge in [0.25, 0.3) is 5.91 Å². The van der Waals surface area contributed by atoms with Crippen LogP contribution in [0.4, 0.5) is 10.1 Å². The van der Waals surface area contributed by atoms with Gasteiger partial charge < -0.3 is 10.4 Å². The van der Waals surface area contributed by atoms with E-state index in [2.05, 4.69) is 10.3 Å². The predicted octanol–water partition coefficient (Wildman–Crippen LogP) is 3.33. The van der Waals surface area contributed by atoms with Crippen molar-refractivity contribution in [1.29, 1.82) is 0 Å². The molecule has 104 valence electrons. The largest absolute Gasteiger partial charge is 0.507 e. The van der Waals surface area contributed by atoms with Crippen molar-refractivity contribution in [3.8, 4) is 5.75 Å². The lowest BCUT2D eigenvalue weighted by Crippen LogP contribution is -2.12. The van der Waals surface area contributed by atoms with E-state index in [0.29, 0.717) is 5.69 Å². The predicted molar refractivity (Wildman–Crippen MR) is 77.8 cm³/mol. The molecule has 0 saturated carbocycles. The number of rotatable bonds is 2. The van der Waals surface area contributed by atoms with Crippen LogP contribution in [0.15, 0.2) is 54.9 Å². The fourth-order valence-electron chi connectivity index (χ4n) is 2.10. The highest BCUT2D eigenvalue weighted by atomic mass is 19.1. The number of halogens is 1. The molecule has 0 unspecified atom stereocenters. The Balaban J connectivity index is 1.99. The molecule has 3 rings (SSSR count). The van der Waals surface area contributed by atoms with E-state index in [9.17, 15) is 14.3 Å². The molecule has 0 aliphatic carbocycles. The molecule has 1 aromatic heterocycles. The fourth-order valence-corrected chi connectivity index (χ4v) is 2.10. The first-order valence-corrected chi connectivity index (χ1v) is 6.28. The van der Waals surface area contributed by atoms with Crippen LogP contribution in [-0.2, 0) is 0 Å². The first-order valence-electron chi connectivity index (χ1n) is 6.28. The van der Waals surface area contributed by atoms with Gasteiger partial charge in [-0.15, -0.1) is 0 Å². The molecule has 2 aromatic carbocycles. The summed E-state index contributed by atoms with van der Waals surface area (Å²) in [5, 5.41) is 14.0. The summed E-state index contributed by atoms with van der Waals surface area (Å²) >= 11 is 0. The third-order valence-corrected chi connectivity index (χ3v) is 3.14. The molecule has 0 bridgehead atoms. The molecule has 21 heavy (non-hydrogen) atoms. The number of anilines is 1. The second kappa shape index (κ2) is 5.20. The minimum Gasteiger partial charge on any atom is -0.507 e. The Labute approximate surface area is 119 Å². The molecule has 0 fully saturated rings. The van der Waals surface area contributed by atoms with Crippen LogP contribution in [0.1, 0.15) is 10.4 Å². The number of phenolic OH excluding ortho intramolecular Hbond substituents is 1. The molecule has 5 heteroatoms. The Kier molecular flexibility index (Phi) is 3.23. The van der Waals surface area contributed by atoms with E-state index in [1.54, 1.807) is 24.5 Å². The summed E-state index contributed by atoms with van der Waals surface area (Å²) in [5.74, 6) is -1.44. The monoisotopic (exact) mass is 282 g/mol. The summed E-state index contributed by atoms with van der Waals surface area (Å²) in [7, 11) is 0. The molecule has 0 saturated heterocycles. The molecule has 0 atom stereocenters. The molecule has 0 radical (unpaired) electrons. The quantitative estimate of drug-likeness (QED) is 0.757. The van der Waals surface area contributed by atoms with Crippen molar-refractivity contribution in [2.24, 2.45) is 0 Å². The number of hydrogen-bond donors (Lipinski definition) is 2. The first-order chi connectivity index (χ1) is 10.1. The summed E-state index contributed by atoms with van der Waals surface area (Å²) < 4.78 is 13.2. The molecule has 0 aliphatic heterocycles. The zero-order valence-electron chi connectivity index (χ0n) is 10.9. The molecule has 4 nitrogen and oxygen atoms in total. The van der Waals surface area contributed by atoms with Gasteiger partial charge in [-0.3, -0.25) is 9.78 Å². The number of nitrogens with zero attached hydrogens (tertiary/aromatic N) is 1. The maximum Gasteiger partial charge on any atom is 0.259 e. The normalized spacial score (nSPS) is 10.5. The average Bonchev–Trinajstić information content (AvgIpc) is 2.50. The van der Waals surface area contributed by atoms with Crippen molar-refractivity contribution < 1.29 is 14.3 Å². The summed E-state index contributed by atoms with van der Waals surface area (Å²) in [6, 6.07) is 10.5. The van der Waals surface area contributed by atoms with Crippen LogP contribution in [-0.4, -0.2) is 16.0 Å². The number of carbonyl (C=O) groups is 1. The highest BCUT2D eigenvalue weighted by Gasteiger charge is 2.13. The van der Waals surface area contributed by atoms with Gasteiger partial charge in [-0.25, -0.2) is 4.39 Å². The van der Waals surface area contributed by atoms with Gasteiger partial charge in [0.1, 0.15) is 11.6 Å². The number of hydrogen-bond acceptors (Lipinski definition) is 3. The van der Waals surface area contributed by atoms with Gasteiger partial charge in [0.05, 0.1) is 11.3 Å². The van der Waals surface area contributed by atoms with Crippen LogP contribution in [0, 0.1) is 5.82 Å². The lowest BCUT2D eigenvalue weighted by molar-refractivity contribution is 0.102. The zero-order valence-corrected chi connectivity index (χ0v) is 10.9. The van der Waals surface area contributed by atoms with Gasteiger partial charge in [0.2, 0.25) is 0 Å². The van der Waals surface area contributed by atoms with E-state index in [0.717, 1.165) is 29.0 Å². The maximum absolute atomic E-state index is 13.2. The Bertz CT molecular complexity index is 828. The SMILES string of the molecule is O=C(Nc1cccc2ccncc12)c1cc(F)ccc1O. The smallest absolute Gasteiger partial charge is 0.259 e. The fraction of sp³-hybridized carbons (Fsp3) is 0. The van der Waals surface area contributed by atoms with Crippen molar-refractivity contribution in [1.82, 2.24) is 4.98 Å². The van der Waals surface area contributed by atoms with Crippen molar-refractivity contribution in [2.45, 2.75) is 0 Å². The molecule has 1 amide bonds. The van der Waals surface area contributed by atoms with Crippen LogP contribution >= 0.6 is 0 Å². The van der Waals surface area contributed by atoms with E-state index in [-0.39, 0.29) is 11.3 Å². The second-order valence-corrected chi connectivity index (χ2v) is 4.52. The van der Waals surface area contributed by atoms with Crippen LogP contribution < -0.4 is 5.32 Å². The van der Waals surface area contributed by atoms with Crippen molar-refractivity contribution in [3.05, 3.63) is 66.2 Å². The standard InChI is InChI=1S/C16H11FN2O2/c17-11-4-5-15(20)12(8-11)16(21)19-14-3-1-2-10-6-7-18-9-13(10)14/h1-9,20H,(H,19,21). The van der Waals surface area contributed by atoms with Gasteiger partial charge in [-0.2, -0.15) is 0 Å². The summed E-state index contributed by atoms with van der Waals surface area (Å²) in [6.45, 7) is 0. The van der Waals surface area contributed by atoms with Gasteiger partial charge in [0, 0.05) is 17.8 Å². The maximum atomic E-state index is 13.2. The third-order valence-electron chi connectivity index (χ3n) is 3.14. The number of fused-ring (bicyclic) bond motifs is 1. The van der Waals surface area contributed by atoms with Gasteiger partial charge >= 0.3 is 0 Å². The summed E-state index contributed by atoms with van der Waals surface area (Å²) in [5.41, 5.74) is 0.435. The number of phenols is 1. The molecule has 3 aromatic rings. The van der Waals surface area contributed by atoms with E-state index in [4.69, 9.17) is 0 Å². The molecule has 0 spiro atoms. The number of nitrogens with one attached hydrogen (secondary N) is 1. The number of aromatic hydroxyl groups is 1. The number of pyridine rings is 1. The van der Waals surface area contributed by atoms with Gasteiger partial charge in [-0.05, 0) is 35.7 Å². The molecular weight excluding hydrogens is 271 g/mol. The number of carbonyl (C=O) groups excluding carboxylic acids is 1. The topological polar surface area (TPSA) is 62.2 Å². The second-order valence-electron chi connectivity index (χ2n) is 4.52. The molecule has 1 heterocycles. The van der Waals surface area contributed by atoms with Crippen LogP contribution in [0.2, 0.25) is 0 Å². The highest BCUT2D eigenvalue weighted by molar-refractivity contribution is 6.10. The van der Waals surface area contributed by atoms with Crippen LogP contribution in [0.5, 0.6) is 5.75 Å². The Hall–Kier alpha value is -2.95. The lowest BCUT2D eigenvalue weighted by Gasteiger charge is -2.09. The average molecular weight is 282 g/mol. The molecular formula is C16H11FN2O2. The molecule has 2 N–H and O–H groups in total. The van der Waals surface area contributed by atoms with Crippen molar-refractivity contribution in [3.63, 3.8) is 0 Å². The third kappa shape index (κ3) is 2.53. The lowest BCUT2D eigenvalue weighted by atomic mass is 10.1. The van der Waals surface area contributed by atoms with E-state index >= 15 is 0 Å². The van der Waals surface area contributed by atoms with E-state index in [1.807, 2.05) is 12.1 Å². The van der Waals surface area contributed by atoms with E-state index < -0.39 is 11.7 Å². The van der Waals surface area contributed by atoms with E-state index in [1.165, 1.54) is 0 Å². The number of benzene rings is 2. The molecule has 0 aliphatic rings. The first kappa shape index (κ1) is 13.1. The Morgan fingerprint density at radius 3 is 2.90 bits per heavy atom. The summed E-state index contributed by atoms with van der Waals surface area (Å²) in [6.07, 6.45) is 3.29. The number of aromatic nitrogens is 1. The zero-order chi connectivity index (χ0) is 14.8. The minimum atomic E-state index is -0.586. The van der Waals surface area contributed by atoms with Crippen molar-refractivity contribution in [2.75, 3.05) is 5.32 Å². The minimum absolute atomic E-state index is 0.115. The highest BCUT2D eigenvalue weighted by Crippen LogP contribution is 2.24. The Morgan fingerprint density at radius 1 is 1.19 bits per heavy atom. The summed E-state index contributed by atoms with van der Waals surface area (Å²) in [4.78, 5) is 16.2. The van der Waals surface area contributed by atoms with Gasteiger partial charge in [-0.1, -0.05) is 12.1 Å². The van der Waals surface area contributed by atoms with Crippen molar-refractivity contribution >= 4 is 22.4 Å². The van der Waals surface area contributed by atoms with Crippen LogP contribution in [0.3, 0.4) is 0 Å². The van der Waals surface area contributed by atoms with Gasteiger partial charge in [0.15, 0.2) is 0 Å². The number of amides is 1.